The molecule has 19 heavy (non-hydrogen) atoms. The van der Waals surface area contributed by atoms with Crippen molar-refractivity contribution in [3.63, 3.8) is 0 Å². The molecule has 104 valence electrons. The minimum Gasteiger partial charge on any atom is -0.468 e. The summed E-state index contributed by atoms with van der Waals surface area (Å²) in [6, 6.07) is 1.34. The van der Waals surface area contributed by atoms with Crippen molar-refractivity contribution in [3.8, 4) is 0 Å². The number of hydrogen-bond acceptors (Lipinski definition) is 6. The number of nitrogens with zero attached hydrogens (tertiary/aromatic N) is 3. The van der Waals surface area contributed by atoms with Crippen LogP contribution in [0.25, 0.3) is 0 Å². The number of rotatable bonds is 5. The van der Waals surface area contributed by atoms with Crippen LogP contribution < -0.4 is 4.90 Å². The van der Waals surface area contributed by atoms with Crippen molar-refractivity contribution in [1.29, 1.82) is 0 Å². The molecule has 0 aromatic carbocycles. The molecule has 0 unspecified atom stereocenters. The lowest BCUT2D eigenvalue weighted by atomic mass is 10.2. The fourth-order valence-electron chi connectivity index (χ4n) is 1.59. The molecule has 0 amide bonds. The Bertz CT molecular complexity index is 488. The first-order valence-electron chi connectivity index (χ1n) is 5.81. The average Bonchev–Trinajstić information content (AvgIpc) is 2.35. The van der Waals surface area contributed by atoms with Crippen LogP contribution in [0.5, 0.6) is 0 Å². The smallest absolute Gasteiger partial charge is 0.325 e. The first-order valence-corrected chi connectivity index (χ1v) is 5.81. The lowest BCUT2D eigenvalue weighted by Crippen LogP contribution is -2.36. The first kappa shape index (κ1) is 14.9. The Morgan fingerprint density at radius 1 is 1.58 bits per heavy atom. The molecule has 7 heteroatoms. The molecule has 0 spiro atoms. The molecule has 1 aromatic rings. The van der Waals surface area contributed by atoms with E-state index in [2.05, 4.69) is 9.72 Å². The minimum absolute atomic E-state index is 0.00137. The highest BCUT2D eigenvalue weighted by molar-refractivity contribution is 5.75. The zero-order chi connectivity index (χ0) is 14.6. The fraction of sp³-hybridized carbons (Fsp3) is 0.500. The summed E-state index contributed by atoms with van der Waals surface area (Å²) >= 11 is 0. The number of carbonyl (C=O) groups is 1. The number of nitro groups is 1. The molecule has 0 atom stereocenters. The van der Waals surface area contributed by atoms with Crippen LogP contribution in [0.4, 0.5) is 11.5 Å². The van der Waals surface area contributed by atoms with Gasteiger partial charge < -0.3 is 9.64 Å². The number of pyridine rings is 1. The topological polar surface area (TPSA) is 85.6 Å². The van der Waals surface area contributed by atoms with Crippen LogP contribution in [0.3, 0.4) is 0 Å². The van der Waals surface area contributed by atoms with Gasteiger partial charge in [0.15, 0.2) is 0 Å². The van der Waals surface area contributed by atoms with Crippen LogP contribution in [-0.2, 0) is 9.53 Å². The van der Waals surface area contributed by atoms with Crippen molar-refractivity contribution in [2.75, 3.05) is 18.6 Å². The molecule has 0 saturated heterocycles. The van der Waals surface area contributed by atoms with E-state index in [0.717, 1.165) is 0 Å². The zero-order valence-corrected chi connectivity index (χ0v) is 11.4. The molecule has 1 heterocycles. The van der Waals surface area contributed by atoms with Crippen LogP contribution in [0, 0.1) is 17.0 Å². The number of esters is 1. The van der Waals surface area contributed by atoms with E-state index in [-0.39, 0.29) is 18.3 Å². The normalized spacial score (nSPS) is 10.4. The fourth-order valence-corrected chi connectivity index (χ4v) is 1.59. The summed E-state index contributed by atoms with van der Waals surface area (Å²) < 4.78 is 4.61. The van der Waals surface area contributed by atoms with Gasteiger partial charge in [-0.3, -0.25) is 14.9 Å². The predicted octanol–water partition coefficient (Wildman–Crippen LogP) is 1.69. The number of aromatic nitrogens is 1. The van der Waals surface area contributed by atoms with E-state index >= 15 is 0 Å². The van der Waals surface area contributed by atoms with E-state index in [1.54, 1.807) is 11.8 Å². The van der Waals surface area contributed by atoms with Gasteiger partial charge in [0, 0.05) is 17.8 Å². The number of anilines is 1. The van der Waals surface area contributed by atoms with Gasteiger partial charge in [-0.1, -0.05) is 0 Å². The lowest BCUT2D eigenvalue weighted by Gasteiger charge is -2.26. The molecule has 0 bridgehead atoms. The predicted molar refractivity (Wildman–Crippen MR) is 70.1 cm³/mol. The van der Waals surface area contributed by atoms with Crippen molar-refractivity contribution in [2.24, 2.45) is 0 Å². The van der Waals surface area contributed by atoms with E-state index in [0.29, 0.717) is 11.4 Å². The Hall–Kier alpha value is -2.18. The molecule has 1 rings (SSSR count). The van der Waals surface area contributed by atoms with Gasteiger partial charge in [0.1, 0.15) is 12.4 Å². The molecule has 0 fully saturated rings. The van der Waals surface area contributed by atoms with Gasteiger partial charge in [0.05, 0.1) is 18.1 Å². The third-order valence-electron chi connectivity index (χ3n) is 2.70. The van der Waals surface area contributed by atoms with E-state index in [4.69, 9.17) is 0 Å². The van der Waals surface area contributed by atoms with Crippen molar-refractivity contribution in [3.05, 3.63) is 27.9 Å². The Labute approximate surface area is 111 Å². The van der Waals surface area contributed by atoms with Crippen molar-refractivity contribution >= 4 is 17.5 Å². The van der Waals surface area contributed by atoms with Gasteiger partial charge >= 0.3 is 5.97 Å². The maximum absolute atomic E-state index is 11.4. The maximum atomic E-state index is 11.4. The molecule has 0 aliphatic carbocycles. The molecule has 0 N–H and O–H groups in total. The summed E-state index contributed by atoms with van der Waals surface area (Å²) in [5.74, 6) is -0.0311. The van der Waals surface area contributed by atoms with Crippen LogP contribution >= 0.6 is 0 Å². The number of ether oxygens (including phenoxy) is 1. The Balaban J connectivity index is 3.13. The molecule has 0 saturated carbocycles. The monoisotopic (exact) mass is 267 g/mol. The summed E-state index contributed by atoms with van der Waals surface area (Å²) in [5, 5.41) is 10.9. The van der Waals surface area contributed by atoms with Crippen molar-refractivity contribution < 1.29 is 14.5 Å². The number of hydrogen-bond donors (Lipinski definition) is 0. The highest BCUT2D eigenvalue weighted by atomic mass is 16.6. The summed E-state index contributed by atoms with van der Waals surface area (Å²) in [7, 11) is 1.30. The van der Waals surface area contributed by atoms with Gasteiger partial charge in [0.25, 0.3) is 5.69 Å². The molecule has 0 radical (unpaired) electrons. The Morgan fingerprint density at radius 3 is 2.68 bits per heavy atom. The van der Waals surface area contributed by atoms with E-state index in [1.165, 1.54) is 19.4 Å². The highest BCUT2D eigenvalue weighted by Gasteiger charge is 2.20. The van der Waals surface area contributed by atoms with Gasteiger partial charge in [-0.2, -0.15) is 0 Å². The minimum atomic E-state index is -0.461. The second-order valence-electron chi connectivity index (χ2n) is 4.38. The maximum Gasteiger partial charge on any atom is 0.325 e. The second kappa shape index (κ2) is 6.12. The average molecular weight is 267 g/mol. The first-order chi connectivity index (χ1) is 8.86. The molecule has 0 aliphatic heterocycles. The van der Waals surface area contributed by atoms with Gasteiger partial charge in [-0.05, 0) is 20.8 Å². The summed E-state index contributed by atoms with van der Waals surface area (Å²) in [6.45, 7) is 5.36. The molecule has 0 aliphatic rings. The lowest BCUT2D eigenvalue weighted by molar-refractivity contribution is -0.385. The van der Waals surface area contributed by atoms with Crippen LogP contribution in [0.15, 0.2) is 12.3 Å². The molecule has 1 aromatic heterocycles. The van der Waals surface area contributed by atoms with Crippen LogP contribution in [0.1, 0.15) is 19.4 Å². The largest absolute Gasteiger partial charge is 0.468 e. The molecule has 7 nitrogen and oxygen atoms in total. The SMILES string of the molecule is COC(=O)CN(c1cc([N+](=O)[O-])c(C)cn1)C(C)C. The van der Waals surface area contributed by atoms with Crippen LogP contribution in [-0.4, -0.2) is 35.6 Å². The highest BCUT2D eigenvalue weighted by Crippen LogP contribution is 2.23. The van der Waals surface area contributed by atoms with Crippen molar-refractivity contribution in [2.45, 2.75) is 26.8 Å². The third kappa shape index (κ3) is 3.64. The quantitative estimate of drug-likeness (QED) is 0.458. The number of carbonyl (C=O) groups excluding carboxylic acids is 1. The standard InChI is InChI=1S/C12H17N3O4/c1-8(2)14(7-12(16)19-4)11-5-10(15(17)18)9(3)6-13-11/h5-6,8H,7H2,1-4H3. The summed E-state index contributed by atoms with van der Waals surface area (Å²) in [4.78, 5) is 27.6. The number of methoxy groups -OCH3 is 1. The van der Waals surface area contributed by atoms with Crippen molar-refractivity contribution in [1.82, 2.24) is 4.98 Å². The van der Waals surface area contributed by atoms with E-state index in [9.17, 15) is 14.9 Å². The number of aryl methyl sites for hydroxylation is 1. The summed E-state index contributed by atoms with van der Waals surface area (Å²) in [5.41, 5.74) is 0.469. The molecular weight excluding hydrogens is 250 g/mol. The Morgan fingerprint density at radius 2 is 2.21 bits per heavy atom. The van der Waals surface area contributed by atoms with Crippen LogP contribution in [0.2, 0.25) is 0 Å². The second-order valence-corrected chi connectivity index (χ2v) is 4.38. The van der Waals surface area contributed by atoms with E-state index < -0.39 is 10.9 Å². The van der Waals surface area contributed by atoms with Gasteiger partial charge in [0.2, 0.25) is 0 Å². The van der Waals surface area contributed by atoms with Gasteiger partial charge in [-0.15, -0.1) is 0 Å². The van der Waals surface area contributed by atoms with Gasteiger partial charge in [-0.25, -0.2) is 4.98 Å². The van der Waals surface area contributed by atoms with E-state index in [1.807, 2.05) is 13.8 Å². The Kier molecular flexibility index (Phi) is 4.80. The summed E-state index contributed by atoms with van der Waals surface area (Å²) in [6.07, 6.45) is 1.43. The molecular formula is C12H17N3O4. The zero-order valence-electron chi connectivity index (χ0n) is 11.4. The third-order valence-corrected chi connectivity index (χ3v) is 2.70.